The smallest absolute Gasteiger partial charge is 0.00110 e. The number of rotatable bonds is 10. The summed E-state index contributed by atoms with van der Waals surface area (Å²) >= 11 is 0. The Hall–Kier alpha value is -0.820. The second kappa shape index (κ2) is 9.25. The molecule has 0 radical (unpaired) electrons. The van der Waals surface area contributed by atoms with Crippen LogP contribution in [0.25, 0.3) is 0 Å². The molecular formula is C20H35N. The molecule has 0 aliphatic carbocycles. The number of hydrogen-bond acceptors (Lipinski definition) is 1. The molecule has 1 nitrogen and oxygen atoms in total. The highest BCUT2D eigenvalue weighted by atomic mass is 14.9. The van der Waals surface area contributed by atoms with Gasteiger partial charge >= 0.3 is 0 Å². The van der Waals surface area contributed by atoms with Crippen molar-refractivity contribution in [3.05, 3.63) is 35.4 Å². The first kappa shape index (κ1) is 18.2. The molecule has 1 aromatic carbocycles. The van der Waals surface area contributed by atoms with E-state index >= 15 is 0 Å². The summed E-state index contributed by atoms with van der Waals surface area (Å²) in [6.45, 7) is 13.7. The van der Waals surface area contributed by atoms with Gasteiger partial charge in [-0.1, -0.05) is 70.4 Å². The van der Waals surface area contributed by atoms with E-state index in [0.717, 1.165) is 19.0 Å². The van der Waals surface area contributed by atoms with Gasteiger partial charge in [-0.05, 0) is 49.6 Å². The Labute approximate surface area is 132 Å². The first-order valence-electron chi connectivity index (χ1n) is 8.77. The predicted molar refractivity (Wildman–Crippen MR) is 94.8 cm³/mol. The lowest BCUT2D eigenvalue weighted by Gasteiger charge is -2.34. The van der Waals surface area contributed by atoms with Crippen LogP contribution < -0.4 is 5.32 Å². The second-order valence-electron chi connectivity index (χ2n) is 7.14. The first-order chi connectivity index (χ1) is 10.0. The largest absolute Gasteiger partial charge is 0.316 e. The molecule has 0 bridgehead atoms. The highest BCUT2D eigenvalue weighted by Crippen LogP contribution is 2.32. The molecule has 21 heavy (non-hydrogen) atoms. The van der Waals surface area contributed by atoms with Gasteiger partial charge in [0, 0.05) is 6.54 Å². The molecule has 1 N–H and O–H groups in total. The maximum Gasteiger partial charge on any atom is 0.00110 e. The van der Waals surface area contributed by atoms with E-state index in [2.05, 4.69) is 64.2 Å². The summed E-state index contributed by atoms with van der Waals surface area (Å²) in [6, 6.07) is 9.12. The molecule has 0 saturated heterocycles. The molecular weight excluding hydrogens is 254 g/mol. The fourth-order valence-corrected chi connectivity index (χ4v) is 2.98. The molecule has 1 atom stereocenters. The lowest BCUT2D eigenvalue weighted by molar-refractivity contribution is 0.226. The number of hydrogen-bond donors (Lipinski definition) is 1. The van der Waals surface area contributed by atoms with Gasteiger partial charge < -0.3 is 5.32 Å². The minimum Gasteiger partial charge on any atom is -0.316 e. The monoisotopic (exact) mass is 289 g/mol. The average Bonchev–Trinajstić information content (AvgIpc) is 2.46. The minimum absolute atomic E-state index is 0.417. The van der Waals surface area contributed by atoms with E-state index in [9.17, 15) is 0 Å². The van der Waals surface area contributed by atoms with Crippen molar-refractivity contribution >= 4 is 0 Å². The van der Waals surface area contributed by atoms with E-state index in [0.29, 0.717) is 5.41 Å². The Morgan fingerprint density at radius 3 is 2.29 bits per heavy atom. The van der Waals surface area contributed by atoms with Crippen LogP contribution in [0.4, 0.5) is 0 Å². The van der Waals surface area contributed by atoms with Crippen LogP contribution in [0.15, 0.2) is 24.3 Å². The van der Waals surface area contributed by atoms with Crippen LogP contribution >= 0.6 is 0 Å². The maximum absolute atomic E-state index is 3.72. The Morgan fingerprint density at radius 2 is 1.76 bits per heavy atom. The number of nitrogens with one attached hydrogen (secondary N) is 1. The molecule has 1 rings (SSSR count). The quantitative estimate of drug-likeness (QED) is 0.610. The number of aryl methyl sites for hydroxylation is 1. The van der Waals surface area contributed by atoms with Crippen molar-refractivity contribution in [2.45, 2.75) is 66.7 Å². The Balaban J connectivity index is 2.75. The topological polar surface area (TPSA) is 12.0 Å². The molecule has 1 aromatic rings. The van der Waals surface area contributed by atoms with Gasteiger partial charge in [-0.2, -0.15) is 0 Å². The van der Waals surface area contributed by atoms with Gasteiger partial charge in [0.05, 0.1) is 0 Å². The fourth-order valence-electron chi connectivity index (χ4n) is 2.98. The molecule has 0 aliphatic heterocycles. The van der Waals surface area contributed by atoms with Crippen LogP contribution in [0.3, 0.4) is 0 Å². The third kappa shape index (κ3) is 6.65. The van der Waals surface area contributed by atoms with Crippen LogP contribution in [0, 0.1) is 18.3 Å². The van der Waals surface area contributed by atoms with Gasteiger partial charge in [-0.15, -0.1) is 0 Å². The normalized spacial score (nSPS) is 14.4. The van der Waals surface area contributed by atoms with Gasteiger partial charge in [-0.3, -0.25) is 0 Å². The minimum atomic E-state index is 0.417. The maximum atomic E-state index is 3.72. The van der Waals surface area contributed by atoms with Crippen molar-refractivity contribution in [2.75, 3.05) is 13.1 Å². The molecule has 0 amide bonds. The van der Waals surface area contributed by atoms with Gasteiger partial charge in [-0.25, -0.2) is 0 Å². The van der Waals surface area contributed by atoms with Crippen LogP contribution in [0.5, 0.6) is 0 Å². The van der Waals surface area contributed by atoms with E-state index in [1.807, 2.05) is 0 Å². The Kier molecular flexibility index (Phi) is 8.03. The van der Waals surface area contributed by atoms with Crippen molar-refractivity contribution in [1.82, 2.24) is 5.32 Å². The Bertz CT molecular complexity index is 379. The summed E-state index contributed by atoms with van der Waals surface area (Å²) in [4.78, 5) is 0. The molecule has 1 unspecified atom stereocenters. The Morgan fingerprint density at radius 1 is 1.10 bits per heavy atom. The summed E-state index contributed by atoms with van der Waals surface area (Å²) in [7, 11) is 0. The van der Waals surface area contributed by atoms with Gasteiger partial charge in [0.2, 0.25) is 0 Å². The van der Waals surface area contributed by atoms with Crippen molar-refractivity contribution in [2.24, 2.45) is 11.3 Å². The van der Waals surface area contributed by atoms with Crippen LogP contribution in [-0.2, 0) is 6.42 Å². The highest BCUT2D eigenvalue weighted by Gasteiger charge is 2.27. The molecule has 0 spiro atoms. The molecule has 120 valence electrons. The standard InChI is InChI=1S/C20H35N/c1-6-8-13-20(7-2,16-21-15-17(3)4)14-19-11-9-18(5)10-12-19/h9-12,17,21H,6-8,13-16H2,1-5H3. The molecule has 0 aromatic heterocycles. The van der Waals surface area contributed by atoms with Gasteiger partial charge in [0.1, 0.15) is 0 Å². The molecule has 0 heterocycles. The summed E-state index contributed by atoms with van der Waals surface area (Å²) in [5.41, 5.74) is 3.26. The summed E-state index contributed by atoms with van der Waals surface area (Å²) in [5, 5.41) is 3.72. The van der Waals surface area contributed by atoms with E-state index < -0.39 is 0 Å². The third-order valence-electron chi connectivity index (χ3n) is 4.56. The number of unbranched alkanes of at least 4 members (excludes halogenated alkanes) is 1. The summed E-state index contributed by atoms with van der Waals surface area (Å²) in [5.74, 6) is 0.727. The van der Waals surface area contributed by atoms with Crippen molar-refractivity contribution in [3.63, 3.8) is 0 Å². The zero-order valence-corrected chi connectivity index (χ0v) is 14.8. The van der Waals surface area contributed by atoms with E-state index in [1.54, 1.807) is 0 Å². The van der Waals surface area contributed by atoms with Crippen molar-refractivity contribution in [1.29, 1.82) is 0 Å². The van der Waals surface area contributed by atoms with Crippen molar-refractivity contribution in [3.8, 4) is 0 Å². The SMILES string of the molecule is CCCCC(CC)(CNCC(C)C)Cc1ccc(C)cc1. The summed E-state index contributed by atoms with van der Waals surface area (Å²) in [6.07, 6.45) is 6.42. The third-order valence-corrected chi connectivity index (χ3v) is 4.56. The van der Waals surface area contributed by atoms with E-state index in [-0.39, 0.29) is 0 Å². The zero-order chi connectivity index (χ0) is 15.7. The predicted octanol–water partition coefficient (Wildman–Crippen LogP) is 5.37. The lowest BCUT2D eigenvalue weighted by atomic mass is 9.75. The second-order valence-corrected chi connectivity index (χ2v) is 7.14. The molecule has 0 saturated carbocycles. The van der Waals surface area contributed by atoms with Crippen LogP contribution in [0.1, 0.15) is 64.5 Å². The highest BCUT2D eigenvalue weighted by molar-refractivity contribution is 5.22. The molecule has 0 aliphatic rings. The average molecular weight is 290 g/mol. The van der Waals surface area contributed by atoms with Gasteiger partial charge in [0.15, 0.2) is 0 Å². The van der Waals surface area contributed by atoms with Crippen molar-refractivity contribution < 1.29 is 0 Å². The molecule has 0 fully saturated rings. The molecule has 1 heteroatoms. The number of benzene rings is 1. The van der Waals surface area contributed by atoms with E-state index in [4.69, 9.17) is 0 Å². The van der Waals surface area contributed by atoms with Gasteiger partial charge in [0.25, 0.3) is 0 Å². The fraction of sp³-hybridized carbons (Fsp3) is 0.700. The van der Waals surface area contributed by atoms with E-state index in [1.165, 1.54) is 43.2 Å². The summed E-state index contributed by atoms with van der Waals surface area (Å²) < 4.78 is 0. The van der Waals surface area contributed by atoms with Crippen LogP contribution in [0.2, 0.25) is 0 Å². The first-order valence-corrected chi connectivity index (χ1v) is 8.77. The van der Waals surface area contributed by atoms with Crippen LogP contribution in [-0.4, -0.2) is 13.1 Å². The zero-order valence-electron chi connectivity index (χ0n) is 14.8. The lowest BCUT2D eigenvalue weighted by Crippen LogP contribution is -2.37.